The van der Waals surface area contributed by atoms with Gasteiger partial charge in [0.15, 0.2) is 5.71 Å². The lowest BCUT2D eigenvalue weighted by Gasteiger charge is -2.27. The highest BCUT2D eigenvalue weighted by Gasteiger charge is 2.33. The van der Waals surface area contributed by atoms with Gasteiger partial charge in [-0.1, -0.05) is 32.3 Å². The minimum absolute atomic E-state index is 0.0309. The maximum absolute atomic E-state index is 13.2. The fraction of sp³-hybridized carbons (Fsp3) is 0.535. The summed E-state index contributed by atoms with van der Waals surface area (Å²) < 4.78 is 206. The van der Waals surface area contributed by atoms with E-state index in [9.17, 15) is 92.2 Å². The Bertz CT molecular complexity index is 3140. The molecule has 2 rings (SSSR count). The summed E-state index contributed by atoms with van der Waals surface area (Å²) in [6, 6.07) is 3.19. The second kappa shape index (κ2) is 29.1. The standard InChI is InChI=1S/C43H64N4O22S6/c1-5-6-10-24-69-43(50)38(30-73(60,61)62)45-42(49)37(29-72(57,58)59)44-41(48)17-9-7-8-15-34(47(23-13-26-71(54,55)56)40-21-19-36(28-32(40)3)75(66,67)68)16-11-14-33(4)46(22-12-25-70(51,52)53)39-20-18-35(27-31(39)2)74(63,64)65/h11,14,16,18-21,27-28,37-38H,5-10,12-13,15,17,22-26,29-30H2,1-4H3,(H7-,44,45,48,49,51,52,53,54,55,56,57,58,59,60,61,62,63,64,65,66,67,68)/p+1. The smallest absolute Gasteiger partial charge is 0.329 e. The number of hydrogen-bond donors (Lipinski definition) is 8. The van der Waals surface area contributed by atoms with Crippen molar-refractivity contribution in [2.75, 3.05) is 47.6 Å². The summed E-state index contributed by atoms with van der Waals surface area (Å²) in [5, 5.41) is 4.07. The normalized spacial score (nSPS) is 14.2. The lowest BCUT2D eigenvalue weighted by molar-refractivity contribution is -0.441. The summed E-state index contributed by atoms with van der Waals surface area (Å²) in [6.45, 7) is 6.19. The Morgan fingerprint density at radius 3 is 1.73 bits per heavy atom. The summed E-state index contributed by atoms with van der Waals surface area (Å²) in [4.78, 5) is 39.8. The maximum Gasteiger partial charge on any atom is 0.329 e. The summed E-state index contributed by atoms with van der Waals surface area (Å²) in [5.74, 6) is -7.76. The zero-order valence-electron chi connectivity index (χ0n) is 41.4. The highest BCUT2D eigenvalue weighted by Crippen LogP contribution is 2.28. The fourth-order valence-corrected chi connectivity index (χ4v) is 10.7. The molecule has 0 aliphatic heterocycles. The first-order chi connectivity index (χ1) is 34.4. The Hall–Kier alpha value is -4.74. The van der Waals surface area contributed by atoms with E-state index in [1.165, 1.54) is 32.0 Å². The van der Waals surface area contributed by atoms with Crippen molar-refractivity contribution in [3.8, 4) is 0 Å². The number of unbranched alkanes of at least 4 members (excludes halogenated alkanes) is 4. The van der Waals surface area contributed by atoms with Gasteiger partial charge in [-0.3, -0.25) is 36.9 Å². The van der Waals surface area contributed by atoms with Crippen LogP contribution in [0.4, 0.5) is 11.4 Å². The molecule has 8 N–H and O–H groups in total. The first-order valence-corrected chi connectivity index (χ1v) is 32.2. The molecule has 2 aromatic carbocycles. The number of aryl methyl sites for hydroxylation is 2. The predicted octanol–water partition coefficient (Wildman–Crippen LogP) is 2.83. The molecule has 424 valence electrons. The maximum atomic E-state index is 13.2. The fourth-order valence-electron chi connectivity index (χ4n) is 7.30. The number of nitrogens with zero attached hydrogens (tertiary/aromatic N) is 2. The minimum Gasteiger partial charge on any atom is -0.464 e. The lowest BCUT2D eigenvalue weighted by atomic mass is 10.1. The van der Waals surface area contributed by atoms with Crippen LogP contribution in [0.2, 0.25) is 0 Å². The largest absolute Gasteiger partial charge is 0.464 e. The van der Waals surface area contributed by atoms with Crippen LogP contribution in [0.15, 0.2) is 70.1 Å². The van der Waals surface area contributed by atoms with Crippen molar-refractivity contribution >= 4 is 95.6 Å². The molecule has 0 saturated carbocycles. The van der Waals surface area contributed by atoms with E-state index >= 15 is 0 Å². The Balaban J connectivity index is 2.59. The predicted molar refractivity (Wildman–Crippen MR) is 274 cm³/mol. The van der Waals surface area contributed by atoms with Crippen LogP contribution in [0, 0.1) is 13.8 Å². The van der Waals surface area contributed by atoms with Crippen molar-refractivity contribution in [1.29, 1.82) is 0 Å². The van der Waals surface area contributed by atoms with Gasteiger partial charge in [0.25, 0.3) is 60.7 Å². The number of allylic oxidation sites excluding steroid dienone is 4. The van der Waals surface area contributed by atoms with Gasteiger partial charge in [-0.2, -0.15) is 55.1 Å². The van der Waals surface area contributed by atoms with Crippen LogP contribution < -0.4 is 15.5 Å². The average molecular weight is 1180 g/mol. The van der Waals surface area contributed by atoms with Crippen molar-refractivity contribution in [1.82, 2.24) is 10.6 Å². The first kappa shape index (κ1) is 66.4. The van der Waals surface area contributed by atoms with Crippen LogP contribution in [0.25, 0.3) is 0 Å². The summed E-state index contributed by atoms with van der Waals surface area (Å²) in [5.41, 5.74) is 2.20. The van der Waals surface area contributed by atoms with Crippen molar-refractivity contribution in [2.45, 2.75) is 114 Å². The van der Waals surface area contributed by atoms with Gasteiger partial charge in [0, 0.05) is 54.9 Å². The minimum atomic E-state index is -5.00. The molecule has 2 unspecified atom stereocenters. The van der Waals surface area contributed by atoms with Gasteiger partial charge in [-0.15, -0.1) is 0 Å². The molecular formula is C43H65N4O22S6+. The average Bonchev–Trinajstić information content (AvgIpc) is 3.25. The molecule has 32 heteroatoms. The second-order valence-electron chi connectivity index (χ2n) is 17.2. The Morgan fingerprint density at radius 2 is 1.20 bits per heavy atom. The van der Waals surface area contributed by atoms with E-state index in [4.69, 9.17) is 4.74 Å². The molecule has 0 aromatic heterocycles. The van der Waals surface area contributed by atoms with Gasteiger partial charge in [-0.25, -0.2) is 4.79 Å². The quantitative estimate of drug-likeness (QED) is 0.0127. The Kier molecular flexibility index (Phi) is 25.8. The van der Waals surface area contributed by atoms with Crippen LogP contribution in [0.3, 0.4) is 0 Å². The van der Waals surface area contributed by atoms with E-state index in [1.807, 2.05) is 12.2 Å². The third-order valence-corrected chi connectivity index (χ3v) is 15.6. The zero-order chi connectivity index (χ0) is 57.2. The van der Waals surface area contributed by atoms with Gasteiger partial charge in [0.1, 0.15) is 30.1 Å². The van der Waals surface area contributed by atoms with E-state index < -0.39 is 123 Å². The number of benzene rings is 2. The number of carbonyl (C=O) groups is 3. The van der Waals surface area contributed by atoms with Gasteiger partial charge < -0.3 is 20.3 Å². The molecule has 75 heavy (non-hydrogen) atoms. The number of ether oxygens (including phenoxy) is 1. The molecule has 0 aliphatic carbocycles. The molecule has 0 saturated heterocycles. The molecule has 0 bridgehead atoms. The molecule has 26 nitrogen and oxygen atoms in total. The van der Waals surface area contributed by atoms with Crippen LogP contribution in [0.5, 0.6) is 0 Å². The number of rotatable bonds is 33. The van der Waals surface area contributed by atoms with Crippen LogP contribution in [-0.4, -0.2) is 161 Å². The van der Waals surface area contributed by atoms with Gasteiger partial charge >= 0.3 is 5.97 Å². The van der Waals surface area contributed by atoms with E-state index in [0.717, 1.165) is 24.6 Å². The summed E-state index contributed by atoms with van der Waals surface area (Å²) in [6.07, 6.45) is 6.39. The Morgan fingerprint density at radius 1 is 0.653 bits per heavy atom. The molecule has 2 amide bonds. The number of carbonyl (C=O) groups excluding carboxylic acids is 3. The monoisotopic (exact) mass is 1180 g/mol. The van der Waals surface area contributed by atoms with Crippen LogP contribution in [0.1, 0.15) is 89.2 Å². The van der Waals surface area contributed by atoms with Crippen LogP contribution >= 0.6 is 0 Å². The number of hydrogen-bond acceptors (Lipinski definition) is 17. The zero-order valence-corrected chi connectivity index (χ0v) is 46.3. The molecule has 0 heterocycles. The number of nitrogens with one attached hydrogen (secondary N) is 2. The number of amides is 2. The SMILES string of the molecule is CCCCCOC(=O)C(CS(=O)(=O)O)NC(=O)C(CS(=O)(=O)O)NC(=O)CCCCCC(C=CC=C(C)N(CCCS(=O)(=O)O)c1ccc(S(=O)(=O)O)cc1C)=[N+](CCCS(=O)(=O)O)c1ccc(S(=O)(=O)O)cc1C. The third kappa shape index (κ3) is 26.2. The van der Waals surface area contributed by atoms with E-state index in [-0.39, 0.29) is 70.2 Å². The molecule has 0 aliphatic rings. The molecule has 2 aromatic rings. The van der Waals surface area contributed by atoms with Crippen LogP contribution in [-0.2, 0) is 79.8 Å². The molecule has 0 spiro atoms. The van der Waals surface area contributed by atoms with E-state index in [0.29, 0.717) is 41.2 Å². The second-order valence-corrected chi connectivity index (χ2v) is 26.2. The van der Waals surface area contributed by atoms with Gasteiger partial charge in [-0.05, 0) is 88.4 Å². The molecule has 0 fully saturated rings. The third-order valence-electron chi connectivity index (χ3n) is 10.8. The molecular weight excluding hydrogens is 1120 g/mol. The van der Waals surface area contributed by atoms with Crippen molar-refractivity contribution < 1.29 is 102 Å². The molecule has 2 atom stereocenters. The van der Waals surface area contributed by atoms with E-state index in [1.54, 1.807) is 34.6 Å². The molecule has 0 radical (unpaired) electrons. The van der Waals surface area contributed by atoms with Gasteiger partial charge in [0.2, 0.25) is 17.5 Å². The number of esters is 1. The van der Waals surface area contributed by atoms with Gasteiger partial charge in [0.05, 0.1) is 27.9 Å². The lowest BCUT2D eigenvalue weighted by Crippen LogP contribution is -2.55. The van der Waals surface area contributed by atoms with E-state index in [2.05, 4.69) is 5.32 Å². The van der Waals surface area contributed by atoms with Crippen molar-refractivity contribution in [3.05, 3.63) is 71.5 Å². The topological polar surface area (TPSA) is 417 Å². The van der Waals surface area contributed by atoms with Crippen molar-refractivity contribution in [2.24, 2.45) is 0 Å². The Labute approximate surface area is 438 Å². The van der Waals surface area contributed by atoms with Crippen molar-refractivity contribution in [3.63, 3.8) is 0 Å². The summed E-state index contributed by atoms with van der Waals surface area (Å²) in [7, 11) is -28.1. The highest BCUT2D eigenvalue weighted by molar-refractivity contribution is 7.87. The summed E-state index contributed by atoms with van der Waals surface area (Å²) >= 11 is 0. The first-order valence-electron chi connectivity index (χ1n) is 22.9. The highest BCUT2D eigenvalue weighted by atomic mass is 32.2. The number of anilines is 1.